The van der Waals surface area contributed by atoms with Crippen LogP contribution < -0.4 is 0 Å². The molecule has 0 heterocycles. The molecular weight excluding hydrogens is 298 g/mol. The number of nitriles is 3. The van der Waals surface area contributed by atoms with Crippen molar-refractivity contribution in [1.82, 2.24) is 0 Å². The second-order valence-corrected chi connectivity index (χ2v) is 5.31. The first-order valence-electron chi connectivity index (χ1n) is 4.53. The highest BCUT2D eigenvalue weighted by molar-refractivity contribution is 9.11. The van der Waals surface area contributed by atoms with E-state index in [4.69, 9.17) is 15.8 Å². The number of halogens is 1. The average molecular weight is 304 g/mol. The molecular formula is C12H6BrN3S. The maximum Gasteiger partial charge on any atom is 0.135 e. The van der Waals surface area contributed by atoms with Gasteiger partial charge in [0.25, 0.3) is 0 Å². The number of benzene rings is 1. The molecule has 3 nitrogen and oxygen atoms in total. The van der Waals surface area contributed by atoms with Crippen molar-refractivity contribution in [3.8, 4) is 17.5 Å². The normalized spacial score (nSPS) is 10.5. The average Bonchev–Trinajstić information content (AvgIpc) is 2.37. The van der Waals surface area contributed by atoms with Crippen molar-refractivity contribution in [2.45, 2.75) is 4.16 Å². The molecule has 1 rings (SSSR count). The van der Waals surface area contributed by atoms with E-state index in [9.17, 15) is 0 Å². The predicted molar refractivity (Wildman–Crippen MR) is 70.5 cm³/mol. The van der Waals surface area contributed by atoms with Gasteiger partial charge in [0.2, 0.25) is 0 Å². The highest BCUT2D eigenvalue weighted by Crippen LogP contribution is 2.33. The lowest BCUT2D eigenvalue weighted by molar-refractivity contribution is 1.44. The van der Waals surface area contributed by atoms with Gasteiger partial charge in [0, 0.05) is 5.57 Å². The van der Waals surface area contributed by atoms with E-state index in [-0.39, 0.29) is 5.57 Å². The quantitative estimate of drug-likeness (QED) is 0.487. The summed E-state index contributed by atoms with van der Waals surface area (Å²) in [5.41, 5.74) is 1.30. The summed E-state index contributed by atoms with van der Waals surface area (Å²) in [7, 11) is 0. The molecule has 0 bridgehead atoms. The third kappa shape index (κ3) is 3.36. The topological polar surface area (TPSA) is 71.4 Å². The Morgan fingerprint density at radius 2 is 1.71 bits per heavy atom. The summed E-state index contributed by atoms with van der Waals surface area (Å²) in [4.78, 5) is 0. The molecule has 1 atom stereocenters. The first-order valence-corrected chi connectivity index (χ1v) is 6.32. The smallest absolute Gasteiger partial charge is 0.135 e. The zero-order chi connectivity index (χ0) is 12.7. The molecule has 0 saturated heterocycles. The summed E-state index contributed by atoms with van der Waals surface area (Å²) in [5, 5.41) is 28.5. The first-order chi connectivity index (χ1) is 8.24. The van der Waals surface area contributed by atoms with E-state index in [1.165, 1.54) is 0 Å². The van der Waals surface area contributed by atoms with Crippen LogP contribution in [0.4, 0.5) is 0 Å². The second-order valence-electron chi connectivity index (χ2n) is 2.90. The van der Waals surface area contributed by atoms with Gasteiger partial charge in [-0.3, -0.25) is 0 Å². The lowest BCUT2D eigenvalue weighted by Gasteiger charge is -2.11. The number of alkyl halides is 1. The van der Waals surface area contributed by atoms with Crippen LogP contribution in [-0.2, 0) is 0 Å². The maximum absolute atomic E-state index is 8.93. The summed E-state index contributed by atoms with van der Waals surface area (Å²) in [6, 6.07) is 12.8. The van der Waals surface area contributed by atoms with Crippen LogP contribution in [0.5, 0.6) is 0 Å². The highest BCUT2D eigenvalue weighted by Gasteiger charge is 2.18. The standard InChI is InChI=1S/C12H6BrN3S/c13-12(17-8-16)11(10(6-14)7-15)9-4-2-1-3-5-9/h1-5,12H. The number of rotatable bonds is 3. The highest BCUT2D eigenvalue weighted by atomic mass is 79.9. The fraction of sp³-hybridized carbons (Fsp3) is 0.0833. The molecule has 1 unspecified atom stereocenters. The van der Waals surface area contributed by atoms with Crippen molar-refractivity contribution < 1.29 is 0 Å². The van der Waals surface area contributed by atoms with Crippen LogP contribution in [0, 0.1) is 33.3 Å². The van der Waals surface area contributed by atoms with Gasteiger partial charge in [-0.2, -0.15) is 15.8 Å². The van der Waals surface area contributed by atoms with Crippen molar-refractivity contribution in [3.05, 3.63) is 41.5 Å². The van der Waals surface area contributed by atoms with Gasteiger partial charge < -0.3 is 0 Å². The maximum atomic E-state index is 8.93. The Labute approximate surface area is 112 Å². The van der Waals surface area contributed by atoms with E-state index in [2.05, 4.69) is 15.9 Å². The summed E-state index contributed by atoms with van der Waals surface area (Å²) in [6.45, 7) is 0. The van der Waals surface area contributed by atoms with Crippen molar-refractivity contribution >= 4 is 33.3 Å². The van der Waals surface area contributed by atoms with Crippen molar-refractivity contribution in [3.63, 3.8) is 0 Å². The van der Waals surface area contributed by atoms with E-state index >= 15 is 0 Å². The van der Waals surface area contributed by atoms with Gasteiger partial charge in [0.05, 0.1) is 0 Å². The predicted octanol–water partition coefficient (Wildman–Crippen LogP) is 3.42. The SMILES string of the molecule is N#CSC(Br)C(=C(C#N)C#N)c1ccccc1. The zero-order valence-electron chi connectivity index (χ0n) is 8.59. The molecule has 0 radical (unpaired) electrons. The van der Waals surface area contributed by atoms with Gasteiger partial charge in [-0.05, 0) is 17.3 Å². The van der Waals surface area contributed by atoms with Crippen LogP contribution in [0.1, 0.15) is 5.56 Å². The van der Waals surface area contributed by atoms with Crippen LogP contribution in [0.3, 0.4) is 0 Å². The fourth-order valence-electron chi connectivity index (χ4n) is 1.26. The van der Waals surface area contributed by atoms with Gasteiger partial charge in [0.15, 0.2) is 0 Å². The number of hydrogen-bond acceptors (Lipinski definition) is 4. The van der Waals surface area contributed by atoms with E-state index in [1.54, 1.807) is 12.1 Å². The number of hydrogen-bond donors (Lipinski definition) is 0. The van der Waals surface area contributed by atoms with Crippen LogP contribution in [0.15, 0.2) is 35.9 Å². The monoisotopic (exact) mass is 303 g/mol. The van der Waals surface area contributed by atoms with Gasteiger partial charge >= 0.3 is 0 Å². The Hall–Kier alpha value is -1.74. The van der Waals surface area contributed by atoms with Gasteiger partial charge in [-0.25, -0.2) is 0 Å². The molecule has 0 N–H and O–H groups in total. The van der Waals surface area contributed by atoms with Crippen LogP contribution in [-0.4, -0.2) is 4.16 Å². The number of thioether (sulfide) groups is 1. The van der Waals surface area contributed by atoms with E-state index in [0.717, 1.165) is 17.3 Å². The van der Waals surface area contributed by atoms with Gasteiger partial charge in [0.1, 0.15) is 27.3 Å². The molecule has 17 heavy (non-hydrogen) atoms. The number of thiocyanates is 1. The largest absolute Gasteiger partial charge is 0.192 e. The van der Waals surface area contributed by atoms with Crippen LogP contribution >= 0.6 is 27.7 Å². The molecule has 0 aliphatic rings. The third-order valence-electron chi connectivity index (χ3n) is 1.96. The van der Waals surface area contributed by atoms with Gasteiger partial charge in [-0.1, -0.05) is 46.3 Å². The Bertz CT molecular complexity index is 530. The van der Waals surface area contributed by atoms with Crippen LogP contribution in [0.25, 0.3) is 5.57 Å². The van der Waals surface area contributed by atoms with Gasteiger partial charge in [-0.15, -0.1) is 0 Å². The molecule has 0 aromatic heterocycles. The van der Waals surface area contributed by atoms with Crippen LogP contribution in [0.2, 0.25) is 0 Å². The molecule has 0 fully saturated rings. The summed E-state index contributed by atoms with van der Waals surface area (Å²) in [6.07, 6.45) is 0. The lowest BCUT2D eigenvalue weighted by atomic mass is 10.0. The van der Waals surface area contributed by atoms with E-state index in [1.807, 2.05) is 35.7 Å². The molecule has 1 aromatic rings. The minimum absolute atomic E-state index is 0.0147. The third-order valence-corrected chi connectivity index (χ3v) is 3.53. The molecule has 0 spiro atoms. The Kier molecular flexibility index (Phi) is 5.30. The first kappa shape index (κ1) is 13.3. The second kappa shape index (κ2) is 6.76. The summed E-state index contributed by atoms with van der Waals surface area (Å²) < 4.78 is -0.399. The Balaban J connectivity index is 3.34. The molecule has 0 saturated carbocycles. The minimum atomic E-state index is -0.399. The van der Waals surface area contributed by atoms with Crippen molar-refractivity contribution in [2.75, 3.05) is 0 Å². The fourth-order valence-corrected chi connectivity index (χ4v) is 2.47. The molecule has 0 amide bonds. The molecule has 5 heteroatoms. The van der Waals surface area contributed by atoms with Crippen molar-refractivity contribution in [1.29, 1.82) is 15.8 Å². The van der Waals surface area contributed by atoms with E-state index in [0.29, 0.717) is 5.57 Å². The minimum Gasteiger partial charge on any atom is -0.192 e. The lowest BCUT2D eigenvalue weighted by Crippen LogP contribution is -1.99. The molecule has 0 aliphatic carbocycles. The zero-order valence-corrected chi connectivity index (χ0v) is 11.0. The molecule has 1 aromatic carbocycles. The molecule has 0 aliphatic heterocycles. The molecule has 82 valence electrons. The number of nitrogens with zero attached hydrogens (tertiary/aromatic N) is 3. The number of allylic oxidation sites excluding steroid dienone is 1. The summed E-state index contributed by atoms with van der Waals surface area (Å²) in [5.74, 6) is 0. The summed E-state index contributed by atoms with van der Waals surface area (Å²) >= 11 is 4.26. The Morgan fingerprint density at radius 3 is 2.18 bits per heavy atom. The van der Waals surface area contributed by atoms with E-state index < -0.39 is 4.16 Å². The van der Waals surface area contributed by atoms with Crippen molar-refractivity contribution in [2.24, 2.45) is 0 Å². The Morgan fingerprint density at radius 1 is 1.12 bits per heavy atom.